The van der Waals surface area contributed by atoms with Gasteiger partial charge in [-0.25, -0.2) is 0 Å². The Morgan fingerprint density at radius 2 is 1.60 bits per heavy atom. The van der Waals surface area contributed by atoms with Gasteiger partial charge in [0.25, 0.3) is 0 Å². The predicted molar refractivity (Wildman–Crippen MR) is 119 cm³/mol. The van der Waals surface area contributed by atoms with Crippen molar-refractivity contribution in [1.29, 1.82) is 0 Å². The summed E-state index contributed by atoms with van der Waals surface area (Å²) < 4.78 is 5.40. The fourth-order valence-corrected chi connectivity index (χ4v) is 4.07. The third-order valence-electron chi connectivity index (χ3n) is 5.97. The Labute approximate surface area is 177 Å². The van der Waals surface area contributed by atoms with Crippen molar-refractivity contribution in [2.45, 2.75) is 13.0 Å². The number of rotatable bonds is 5. The molecule has 2 saturated heterocycles. The van der Waals surface area contributed by atoms with E-state index in [0.717, 1.165) is 69.5 Å². The van der Waals surface area contributed by atoms with Gasteiger partial charge in [0.15, 0.2) is 0 Å². The van der Waals surface area contributed by atoms with Crippen LogP contribution in [0, 0.1) is 0 Å². The number of anilines is 3. The van der Waals surface area contributed by atoms with Crippen LogP contribution in [0.2, 0.25) is 0 Å². The molecule has 4 rings (SSSR count). The van der Waals surface area contributed by atoms with Crippen LogP contribution in [-0.2, 0) is 9.53 Å². The standard InChI is InChI=1S/C23H30N4O3/c1-18(25-10-12-27(13-11-25)21-4-2-3-5-22(21)28)23(29)24-19-6-8-20(9-7-19)26-14-16-30-17-15-26/h2-9,18,28H,10-17H2,1H3,(H,24,29)/t18-/m0/s1. The number of amides is 1. The maximum absolute atomic E-state index is 12.8. The van der Waals surface area contributed by atoms with E-state index in [-0.39, 0.29) is 11.9 Å². The lowest BCUT2D eigenvalue weighted by molar-refractivity contribution is -0.120. The molecule has 30 heavy (non-hydrogen) atoms. The van der Waals surface area contributed by atoms with Crippen LogP contribution in [0.25, 0.3) is 0 Å². The van der Waals surface area contributed by atoms with Gasteiger partial charge in [-0.15, -0.1) is 0 Å². The zero-order valence-electron chi connectivity index (χ0n) is 17.5. The molecule has 0 aliphatic carbocycles. The minimum atomic E-state index is -0.213. The first kappa shape index (κ1) is 20.5. The SMILES string of the molecule is C[C@@H](C(=O)Nc1ccc(N2CCOCC2)cc1)N1CCN(c2ccccc2O)CC1. The topological polar surface area (TPSA) is 68.3 Å². The molecule has 1 amide bonds. The van der Waals surface area contributed by atoms with Crippen molar-refractivity contribution in [3.63, 3.8) is 0 Å². The van der Waals surface area contributed by atoms with E-state index in [0.29, 0.717) is 5.75 Å². The molecule has 0 bridgehead atoms. The largest absolute Gasteiger partial charge is 0.506 e. The smallest absolute Gasteiger partial charge is 0.241 e. The monoisotopic (exact) mass is 410 g/mol. The van der Waals surface area contributed by atoms with Crippen LogP contribution in [-0.4, -0.2) is 74.4 Å². The number of ether oxygens (including phenoxy) is 1. The number of hydrogen-bond acceptors (Lipinski definition) is 6. The number of morpholine rings is 1. The summed E-state index contributed by atoms with van der Waals surface area (Å²) in [4.78, 5) is 19.4. The van der Waals surface area contributed by atoms with Gasteiger partial charge in [0.1, 0.15) is 5.75 Å². The van der Waals surface area contributed by atoms with E-state index >= 15 is 0 Å². The molecular formula is C23H30N4O3. The van der Waals surface area contributed by atoms with E-state index in [2.05, 4.69) is 32.1 Å². The van der Waals surface area contributed by atoms with Crippen molar-refractivity contribution in [2.75, 3.05) is 67.6 Å². The van der Waals surface area contributed by atoms with Crippen molar-refractivity contribution in [3.8, 4) is 5.75 Å². The summed E-state index contributed by atoms with van der Waals surface area (Å²) in [6.07, 6.45) is 0. The van der Waals surface area contributed by atoms with Gasteiger partial charge in [0.05, 0.1) is 24.9 Å². The number of aromatic hydroxyl groups is 1. The summed E-state index contributed by atoms with van der Waals surface area (Å²) in [6, 6.07) is 15.2. The van der Waals surface area contributed by atoms with E-state index in [4.69, 9.17) is 4.74 Å². The van der Waals surface area contributed by atoms with Crippen LogP contribution in [0.15, 0.2) is 48.5 Å². The Hall–Kier alpha value is -2.77. The minimum absolute atomic E-state index is 0.00475. The zero-order valence-corrected chi connectivity index (χ0v) is 17.5. The summed E-state index contributed by atoms with van der Waals surface area (Å²) in [5, 5.41) is 13.1. The van der Waals surface area contributed by atoms with Gasteiger partial charge in [-0.2, -0.15) is 0 Å². The van der Waals surface area contributed by atoms with Crippen molar-refractivity contribution in [2.24, 2.45) is 0 Å². The number of nitrogens with zero attached hydrogens (tertiary/aromatic N) is 3. The van der Waals surface area contributed by atoms with Crippen LogP contribution in [0.4, 0.5) is 17.1 Å². The summed E-state index contributed by atoms with van der Waals surface area (Å²) >= 11 is 0. The molecule has 7 nitrogen and oxygen atoms in total. The summed E-state index contributed by atoms with van der Waals surface area (Å²) in [6.45, 7) is 8.38. The van der Waals surface area contributed by atoms with E-state index in [1.165, 1.54) is 0 Å². The third kappa shape index (κ3) is 4.68. The van der Waals surface area contributed by atoms with Gasteiger partial charge in [0, 0.05) is 50.6 Å². The quantitative estimate of drug-likeness (QED) is 0.789. The second-order valence-electron chi connectivity index (χ2n) is 7.82. The lowest BCUT2D eigenvalue weighted by Gasteiger charge is -2.38. The molecule has 2 fully saturated rings. The molecule has 2 N–H and O–H groups in total. The van der Waals surface area contributed by atoms with E-state index in [9.17, 15) is 9.90 Å². The molecule has 2 aliphatic heterocycles. The normalized spacial score (nSPS) is 18.8. The molecule has 1 atom stereocenters. The minimum Gasteiger partial charge on any atom is -0.506 e. The number of phenolic OH excluding ortho intramolecular Hbond substituents is 1. The molecule has 2 aromatic carbocycles. The highest BCUT2D eigenvalue weighted by Gasteiger charge is 2.26. The molecule has 0 saturated carbocycles. The highest BCUT2D eigenvalue weighted by molar-refractivity contribution is 5.94. The van der Waals surface area contributed by atoms with Crippen LogP contribution in [0.5, 0.6) is 5.75 Å². The van der Waals surface area contributed by atoms with Crippen LogP contribution >= 0.6 is 0 Å². The second kappa shape index (κ2) is 9.36. The summed E-state index contributed by atoms with van der Waals surface area (Å²) in [7, 11) is 0. The highest BCUT2D eigenvalue weighted by atomic mass is 16.5. The van der Waals surface area contributed by atoms with Crippen molar-refractivity contribution >= 4 is 23.0 Å². The number of phenols is 1. The molecule has 2 aromatic rings. The first-order chi connectivity index (χ1) is 14.6. The Morgan fingerprint density at radius 1 is 0.933 bits per heavy atom. The van der Waals surface area contributed by atoms with Gasteiger partial charge >= 0.3 is 0 Å². The number of benzene rings is 2. The molecule has 0 aromatic heterocycles. The van der Waals surface area contributed by atoms with Gasteiger partial charge in [0.2, 0.25) is 5.91 Å². The number of nitrogens with one attached hydrogen (secondary N) is 1. The molecule has 7 heteroatoms. The van der Waals surface area contributed by atoms with E-state index in [1.807, 2.05) is 37.3 Å². The Morgan fingerprint density at radius 3 is 2.27 bits per heavy atom. The van der Waals surface area contributed by atoms with Crippen molar-refractivity contribution in [1.82, 2.24) is 4.90 Å². The highest BCUT2D eigenvalue weighted by Crippen LogP contribution is 2.27. The van der Waals surface area contributed by atoms with E-state index < -0.39 is 0 Å². The number of para-hydroxylation sites is 2. The van der Waals surface area contributed by atoms with Crippen LogP contribution < -0.4 is 15.1 Å². The average molecular weight is 411 g/mol. The fraction of sp³-hybridized carbons (Fsp3) is 0.435. The number of carbonyl (C=O) groups is 1. The molecule has 0 unspecified atom stereocenters. The zero-order chi connectivity index (χ0) is 20.9. The van der Waals surface area contributed by atoms with Gasteiger partial charge in [-0.1, -0.05) is 12.1 Å². The number of carbonyl (C=O) groups excluding carboxylic acids is 1. The Bertz CT molecular complexity index is 844. The Kier molecular flexibility index (Phi) is 6.40. The molecule has 0 radical (unpaired) electrons. The lowest BCUT2D eigenvalue weighted by atomic mass is 10.1. The number of hydrogen-bond donors (Lipinski definition) is 2. The third-order valence-corrected chi connectivity index (χ3v) is 5.97. The van der Waals surface area contributed by atoms with Crippen LogP contribution in [0.3, 0.4) is 0 Å². The van der Waals surface area contributed by atoms with Gasteiger partial charge < -0.3 is 25.0 Å². The Balaban J connectivity index is 1.29. The molecule has 2 heterocycles. The molecule has 160 valence electrons. The number of piperazine rings is 1. The summed E-state index contributed by atoms with van der Waals surface area (Å²) in [5.41, 5.74) is 2.83. The summed E-state index contributed by atoms with van der Waals surface area (Å²) in [5.74, 6) is 0.308. The maximum Gasteiger partial charge on any atom is 0.241 e. The molecular weight excluding hydrogens is 380 g/mol. The molecule has 2 aliphatic rings. The van der Waals surface area contributed by atoms with Crippen molar-refractivity contribution < 1.29 is 14.6 Å². The van der Waals surface area contributed by atoms with E-state index in [1.54, 1.807) is 6.07 Å². The fourth-order valence-electron chi connectivity index (χ4n) is 4.07. The van der Waals surface area contributed by atoms with Crippen LogP contribution in [0.1, 0.15) is 6.92 Å². The second-order valence-corrected chi connectivity index (χ2v) is 7.82. The maximum atomic E-state index is 12.8. The van der Waals surface area contributed by atoms with Gasteiger partial charge in [-0.3, -0.25) is 9.69 Å². The van der Waals surface area contributed by atoms with Crippen molar-refractivity contribution in [3.05, 3.63) is 48.5 Å². The predicted octanol–water partition coefficient (Wildman–Crippen LogP) is 2.38. The van der Waals surface area contributed by atoms with Gasteiger partial charge in [-0.05, 0) is 43.3 Å². The average Bonchev–Trinajstić information content (AvgIpc) is 2.80. The first-order valence-corrected chi connectivity index (χ1v) is 10.6. The first-order valence-electron chi connectivity index (χ1n) is 10.6. The molecule has 0 spiro atoms. The lowest BCUT2D eigenvalue weighted by Crippen LogP contribution is -2.52.